The second-order valence-electron chi connectivity index (χ2n) is 7.07. The highest BCUT2D eigenvalue weighted by molar-refractivity contribution is 7.17. The summed E-state index contributed by atoms with van der Waals surface area (Å²) in [6.45, 7) is 3.11. The number of thiophene rings is 1. The lowest BCUT2D eigenvalue weighted by atomic mass is 10.1. The minimum Gasteiger partial charge on any atom is -0.494 e. The van der Waals surface area contributed by atoms with Gasteiger partial charge in [-0.3, -0.25) is 9.36 Å². The van der Waals surface area contributed by atoms with Gasteiger partial charge in [0.25, 0.3) is 5.56 Å². The van der Waals surface area contributed by atoms with Gasteiger partial charge in [0, 0.05) is 10.9 Å². The Morgan fingerprint density at radius 2 is 1.84 bits per heavy atom. The number of nitrogens with zero attached hydrogens (tertiary/aromatic N) is 2. The van der Waals surface area contributed by atoms with E-state index in [-0.39, 0.29) is 11.5 Å². The van der Waals surface area contributed by atoms with Crippen LogP contribution in [0.15, 0.2) is 65.0 Å². The van der Waals surface area contributed by atoms with E-state index in [4.69, 9.17) is 9.47 Å². The molecular formula is C24H22N2O4S. The van der Waals surface area contributed by atoms with Gasteiger partial charge < -0.3 is 9.47 Å². The molecule has 7 heteroatoms. The molecule has 0 aliphatic carbocycles. The van der Waals surface area contributed by atoms with Crippen molar-refractivity contribution >= 4 is 27.5 Å². The average molecular weight is 435 g/mol. The highest BCUT2D eigenvalue weighted by atomic mass is 32.1. The van der Waals surface area contributed by atoms with Crippen LogP contribution in [0.1, 0.15) is 29.3 Å². The van der Waals surface area contributed by atoms with Crippen LogP contribution in [-0.2, 0) is 11.3 Å². The van der Waals surface area contributed by atoms with Gasteiger partial charge in [-0.05, 0) is 41.8 Å². The molecule has 0 saturated carbocycles. The molecule has 158 valence electrons. The largest absolute Gasteiger partial charge is 0.494 e. The van der Waals surface area contributed by atoms with Crippen LogP contribution >= 0.6 is 11.3 Å². The Morgan fingerprint density at radius 3 is 2.52 bits per heavy atom. The number of esters is 1. The Bertz CT molecular complexity index is 1260. The van der Waals surface area contributed by atoms with E-state index in [1.807, 2.05) is 41.8 Å². The first kappa shape index (κ1) is 20.8. The summed E-state index contributed by atoms with van der Waals surface area (Å²) in [6, 6.07) is 14.8. The summed E-state index contributed by atoms with van der Waals surface area (Å²) in [5, 5.41) is 2.58. The lowest BCUT2D eigenvalue weighted by molar-refractivity contribution is 0.0600. The molecule has 0 amide bonds. The quantitative estimate of drug-likeness (QED) is 0.393. The van der Waals surface area contributed by atoms with E-state index < -0.39 is 0 Å². The van der Waals surface area contributed by atoms with Crippen LogP contribution in [-0.4, -0.2) is 29.2 Å². The first-order valence-corrected chi connectivity index (χ1v) is 10.9. The highest BCUT2D eigenvalue weighted by Crippen LogP contribution is 2.31. The molecule has 0 radical (unpaired) electrons. The normalized spacial score (nSPS) is 10.9. The third kappa shape index (κ3) is 4.36. The summed E-state index contributed by atoms with van der Waals surface area (Å²) in [7, 11) is 1.35. The van der Waals surface area contributed by atoms with Gasteiger partial charge in [0.15, 0.2) is 0 Å². The van der Waals surface area contributed by atoms with Crippen molar-refractivity contribution in [2.75, 3.05) is 13.7 Å². The fourth-order valence-electron chi connectivity index (χ4n) is 3.30. The topological polar surface area (TPSA) is 70.4 Å². The molecule has 0 N–H and O–H groups in total. The van der Waals surface area contributed by atoms with Gasteiger partial charge in [0.1, 0.15) is 10.6 Å². The van der Waals surface area contributed by atoms with Crippen molar-refractivity contribution in [2.45, 2.75) is 19.9 Å². The Hall–Kier alpha value is -3.45. The minimum absolute atomic E-state index is 0.0930. The van der Waals surface area contributed by atoms with Gasteiger partial charge in [-0.25, -0.2) is 9.78 Å². The Kier molecular flexibility index (Phi) is 6.13. The summed E-state index contributed by atoms with van der Waals surface area (Å²) < 4.78 is 12.0. The first-order chi connectivity index (χ1) is 15.1. The second-order valence-corrected chi connectivity index (χ2v) is 7.93. The number of benzene rings is 2. The summed E-state index contributed by atoms with van der Waals surface area (Å²) in [4.78, 5) is 30.0. The van der Waals surface area contributed by atoms with Crippen LogP contribution in [0, 0.1) is 0 Å². The van der Waals surface area contributed by atoms with Gasteiger partial charge in [-0.1, -0.05) is 31.2 Å². The summed E-state index contributed by atoms with van der Waals surface area (Å²) in [5.74, 6) is 0.428. The van der Waals surface area contributed by atoms with Crippen LogP contribution in [0.25, 0.3) is 21.3 Å². The van der Waals surface area contributed by atoms with E-state index in [0.29, 0.717) is 28.9 Å². The number of ether oxygens (including phenoxy) is 2. The molecule has 4 aromatic rings. The zero-order chi connectivity index (χ0) is 21.8. The molecule has 4 rings (SSSR count). The van der Waals surface area contributed by atoms with Crippen molar-refractivity contribution in [1.29, 1.82) is 0 Å². The number of aromatic nitrogens is 2. The van der Waals surface area contributed by atoms with Crippen LogP contribution < -0.4 is 10.3 Å². The van der Waals surface area contributed by atoms with Crippen molar-refractivity contribution in [3.05, 3.63) is 81.7 Å². The van der Waals surface area contributed by atoms with Crippen LogP contribution in [0.2, 0.25) is 0 Å². The van der Waals surface area contributed by atoms with Crippen LogP contribution in [0.5, 0.6) is 5.75 Å². The summed E-state index contributed by atoms with van der Waals surface area (Å²) in [6.07, 6.45) is 2.52. The molecule has 0 unspecified atom stereocenters. The molecule has 0 aliphatic heterocycles. The number of rotatable bonds is 7. The van der Waals surface area contributed by atoms with Gasteiger partial charge in [-0.15, -0.1) is 11.3 Å². The van der Waals surface area contributed by atoms with Gasteiger partial charge in [0.2, 0.25) is 0 Å². The predicted molar refractivity (Wildman–Crippen MR) is 122 cm³/mol. The molecule has 0 fully saturated rings. The SMILES string of the molecule is CCCOc1ccc(-c2csc3ncn(Cc4ccc(C(=O)OC)cc4)c(=O)c23)cc1. The smallest absolute Gasteiger partial charge is 0.337 e. The third-order valence-corrected chi connectivity index (χ3v) is 5.81. The van der Waals surface area contributed by atoms with Gasteiger partial charge in [-0.2, -0.15) is 0 Å². The minimum atomic E-state index is -0.388. The fourth-order valence-corrected chi connectivity index (χ4v) is 4.21. The molecule has 0 bridgehead atoms. The van der Waals surface area contributed by atoms with Crippen LogP contribution in [0.4, 0.5) is 0 Å². The predicted octanol–water partition coefficient (Wildman–Crippen LogP) is 4.75. The van der Waals surface area contributed by atoms with Crippen molar-refractivity contribution in [3.63, 3.8) is 0 Å². The van der Waals surface area contributed by atoms with Crippen molar-refractivity contribution in [3.8, 4) is 16.9 Å². The number of carbonyl (C=O) groups is 1. The lowest BCUT2D eigenvalue weighted by Crippen LogP contribution is -2.21. The maximum absolute atomic E-state index is 13.2. The molecular weight excluding hydrogens is 412 g/mol. The van der Waals surface area contributed by atoms with Crippen molar-refractivity contribution < 1.29 is 14.3 Å². The molecule has 6 nitrogen and oxygen atoms in total. The van der Waals surface area contributed by atoms with E-state index in [2.05, 4.69) is 11.9 Å². The number of hydrogen-bond donors (Lipinski definition) is 0. The van der Waals surface area contributed by atoms with E-state index in [1.165, 1.54) is 18.4 Å². The van der Waals surface area contributed by atoms with E-state index in [0.717, 1.165) is 28.9 Å². The van der Waals surface area contributed by atoms with E-state index >= 15 is 0 Å². The molecule has 0 aliphatic rings. The van der Waals surface area contributed by atoms with Gasteiger partial charge >= 0.3 is 5.97 Å². The maximum Gasteiger partial charge on any atom is 0.337 e. The summed E-state index contributed by atoms with van der Waals surface area (Å²) in [5.41, 5.74) is 3.09. The van der Waals surface area contributed by atoms with Crippen LogP contribution in [0.3, 0.4) is 0 Å². The molecule has 2 aromatic heterocycles. The standard InChI is InChI=1S/C24H22N2O4S/c1-3-12-30-19-10-8-17(9-11-19)20-14-31-22-21(20)23(27)26(15-25-22)13-16-4-6-18(7-5-16)24(28)29-2/h4-11,14-15H,3,12-13H2,1-2H3. The number of carbonyl (C=O) groups excluding carboxylic acids is 1. The Balaban J connectivity index is 1.64. The van der Waals surface area contributed by atoms with E-state index in [9.17, 15) is 9.59 Å². The molecule has 2 aromatic carbocycles. The monoisotopic (exact) mass is 434 g/mol. The zero-order valence-corrected chi connectivity index (χ0v) is 18.1. The van der Waals surface area contributed by atoms with Gasteiger partial charge in [0.05, 0.1) is 37.5 Å². The third-order valence-electron chi connectivity index (χ3n) is 4.93. The van der Waals surface area contributed by atoms with E-state index in [1.54, 1.807) is 23.0 Å². The number of hydrogen-bond acceptors (Lipinski definition) is 6. The summed E-state index contributed by atoms with van der Waals surface area (Å²) >= 11 is 1.46. The average Bonchev–Trinajstić information content (AvgIpc) is 3.25. The molecule has 0 atom stereocenters. The first-order valence-electron chi connectivity index (χ1n) is 9.98. The Morgan fingerprint density at radius 1 is 1.10 bits per heavy atom. The molecule has 0 spiro atoms. The number of fused-ring (bicyclic) bond motifs is 1. The molecule has 31 heavy (non-hydrogen) atoms. The second kappa shape index (κ2) is 9.14. The highest BCUT2D eigenvalue weighted by Gasteiger charge is 2.14. The van der Waals surface area contributed by atoms with Crippen molar-refractivity contribution in [2.24, 2.45) is 0 Å². The number of methoxy groups -OCH3 is 1. The Labute approximate surface area is 183 Å². The zero-order valence-electron chi connectivity index (χ0n) is 17.3. The molecule has 2 heterocycles. The lowest BCUT2D eigenvalue weighted by Gasteiger charge is -2.08. The maximum atomic E-state index is 13.2. The van der Waals surface area contributed by atoms with Crippen molar-refractivity contribution in [1.82, 2.24) is 9.55 Å². The fraction of sp³-hybridized carbons (Fsp3) is 0.208. The molecule has 0 saturated heterocycles.